The first-order chi connectivity index (χ1) is 9.56. The minimum Gasteiger partial charge on any atom is -0.481 e. The highest BCUT2D eigenvalue weighted by Crippen LogP contribution is 2.25. The first-order valence-corrected chi connectivity index (χ1v) is 7.20. The maximum absolute atomic E-state index is 11.6. The fourth-order valence-corrected chi connectivity index (χ4v) is 2.03. The van der Waals surface area contributed by atoms with Gasteiger partial charge in [0.25, 0.3) is 0 Å². The Labute approximate surface area is 120 Å². The van der Waals surface area contributed by atoms with Gasteiger partial charge in [0.05, 0.1) is 6.10 Å². The van der Waals surface area contributed by atoms with Crippen molar-refractivity contribution >= 4 is 5.97 Å². The molecule has 1 N–H and O–H groups in total. The molecule has 2 rings (SSSR count). The number of hydrogen-bond acceptors (Lipinski definition) is 4. The molecule has 0 amide bonds. The van der Waals surface area contributed by atoms with E-state index >= 15 is 0 Å². The molecular formula is C16H23NO3. The van der Waals surface area contributed by atoms with E-state index in [0.717, 1.165) is 23.4 Å². The molecule has 0 spiro atoms. The quantitative estimate of drug-likeness (QED) is 0.778. The largest absolute Gasteiger partial charge is 0.481 e. The molecule has 1 aliphatic rings. The van der Waals surface area contributed by atoms with Crippen molar-refractivity contribution in [2.45, 2.75) is 52.3 Å². The highest BCUT2D eigenvalue weighted by molar-refractivity contribution is 5.71. The van der Waals surface area contributed by atoms with Crippen molar-refractivity contribution in [3.05, 3.63) is 29.3 Å². The molecule has 20 heavy (non-hydrogen) atoms. The number of hydrogen-bond donors (Lipinski definition) is 1. The third-order valence-corrected chi connectivity index (χ3v) is 3.15. The smallest absolute Gasteiger partial charge is 0.344 e. The van der Waals surface area contributed by atoms with Crippen molar-refractivity contribution in [1.29, 1.82) is 0 Å². The van der Waals surface area contributed by atoms with Crippen molar-refractivity contribution in [1.82, 2.24) is 5.32 Å². The minimum atomic E-state index is -0.329. The molecule has 0 aliphatic heterocycles. The lowest BCUT2D eigenvalue weighted by atomic mass is 10.1. The van der Waals surface area contributed by atoms with Gasteiger partial charge in [-0.15, -0.1) is 0 Å². The Kier molecular flexibility index (Phi) is 5.01. The number of rotatable bonds is 7. The van der Waals surface area contributed by atoms with Crippen LogP contribution in [0.25, 0.3) is 0 Å². The number of benzene rings is 1. The molecule has 1 fully saturated rings. The van der Waals surface area contributed by atoms with Crippen LogP contribution < -0.4 is 10.1 Å². The first kappa shape index (κ1) is 14.9. The van der Waals surface area contributed by atoms with Crippen LogP contribution in [0.3, 0.4) is 0 Å². The molecule has 0 saturated heterocycles. The van der Waals surface area contributed by atoms with Gasteiger partial charge >= 0.3 is 5.97 Å². The van der Waals surface area contributed by atoms with Crippen LogP contribution >= 0.6 is 0 Å². The third-order valence-electron chi connectivity index (χ3n) is 3.15. The number of ether oxygens (including phenoxy) is 2. The number of para-hydroxylation sites is 1. The average Bonchev–Trinajstić information content (AvgIpc) is 3.18. The zero-order chi connectivity index (χ0) is 14.5. The highest BCUT2D eigenvalue weighted by Gasteiger charge is 2.21. The lowest BCUT2D eigenvalue weighted by Gasteiger charge is -2.15. The molecule has 1 saturated carbocycles. The van der Waals surface area contributed by atoms with Gasteiger partial charge in [0, 0.05) is 18.2 Å². The summed E-state index contributed by atoms with van der Waals surface area (Å²) in [5.41, 5.74) is 2.13. The fourth-order valence-electron chi connectivity index (χ4n) is 2.03. The van der Waals surface area contributed by atoms with Gasteiger partial charge in [-0.1, -0.05) is 18.2 Å². The summed E-state index contributed by atoms with van der Waals surface area (Å²) in [6, 6.07) is 6.68. The highest BCUT2D eigenvalue weighted by atomic mass is 16.6. The van der Waals surface area contributed by atoms with E-state index in [-0.39, 0.29) is 18.7 Å². The maximum Gasteiger partial charge on any atom is 0.344 e. The summed E-state index contributed by atoms with van der Waals surface area (Å²) in [5.74, 6) is 0.464. The second-order valence-corrected chi connectivity index (χ2v) is 5.55. The summed E-state index contributed by atoms with van der Waals surface area (Å²) in [6.07, 6.45) is 2.39. The van der Waals surface area contributed by atoms with Gasteiger partial charge in [0.15, 0.2) is 6.61 Å². The molecule has 110 valence electrons. The predicted molar refractivity (Wildman–Crippen MR) is 77.8 cm³/mol. The number of nitrogens with one attached hydrogen (secondary N) is 1. The van der Waals surface area contributed by atoms with Crippen LogP contribution in [-0.4, -0.2) is 24.7 Å². The van der Waals surface area contributed by atoms with Crippen LogP contribution in [0.1, 0.15) is 37.8 Å². The number of carbonyl (C=O) groups excluding carboxylic acids is 1. The molecule has 0 radical (unpaired) electrons. The second-order valence-electron chi connectivity index (χ2n) is 5.55. The van der Waals surface area contributed by atoms with Gasteiger partial charge in [0.1, 0.15) is 5.75 Å². The summed E-state index contributed by atoms with van der Waals surface area (Å²) in [4.78, 5) is 11.6. The van der Waals surface area contributed by atoms with Crippen molar-refractivity contribution in [3.63, 3.8) is 0 Å². The normalized spacial score (nSPS) is 14.4. The number of carbonyl (C=O) groups is 1. The first-order valence-electron chi connectivity index (χ1n) is 7.20. The number of esters is 1. The molecular weight excluding hydrogens is 254 g/mol. The Balaban J connectivity index is 1.95. The Morgan fingerprint density at radius 1 is 1.40 bits per heavy atom. The van der Waals surface area contributed by atoms with Gasteiger partial charge in [-0.05, 0) is 39.2 Å². The summed E-state index contributed by atoms with van der Waals surface area (Å²) < 4.78 is 10.7. The lowest BCUT2D eigenvalue weighted by molar-refractivity contribution is -0.149. The van der Waals surface area contributed by atoms with Crippen molar-refractivity contribution < 1.29 is 14.3 Å². The van der Waals surface area contributed by atoms with Crippen LogP contribution in [0.5, 0.6) is 5.75 Å². The van der Waals surface area contributed by atoms with E-state index in [4.69, 9.17) is 9.47 Å². The molecule has 1 aromatic carbocycles. The molecule has 0 atom stereocenters. The fraction of sp³-hybridized carbons (Fsp3) is 0.562. The topological polar surface area (TPSA) is 47.6 Å². The molecule has 4 nitrogen and oxygen atoms in total. The van der Waals surface area contributed by atoms with Crippen LogP contribution in [-0.2, 0) is 16.1 Å². The van der Waals surface area contributed by atoms with E-state index in [1.807, 2.05) is 39.0 Å². The average molecular weight is 277 g/mol. The van der Waals surface area contributed by atoms with E-state index < -0.39 is 0 Å². The Hall–Kier alpha value is -1.55. The van der Waals surface area contributed by atoms with E-state index in [2.05, 4.69) is 5.32 Å². The molecule has 1 aromatic rings. The molecule has 0 heterocycles. The zero-order valence-electron chi connectivity index (χ0n) is 12.4. The van der Waals surface area contributed by atoms with Gasteiger partial charge in [0.2, 0.25) is 0 Å². The van der Waals surface area contributed by atoms with Crippen LogP contribution in [0, 0.1) is 6.92 Å². The molecule has 0 unspecified atom stereocenters. The minimum absolute atomic E-state index is 0.0422. The van der Waals surface area contributed by atoms with Crippen LogP contribution in [0.4, 0.5) is 0 Å². The van der Waals surface area contributed by atoms with Crippen LogP contribution in [0.15, 0.2) is 18.2 Å². The standard InChI is InChI=1S/C16H23NO3/c1-11(2)20-15(18)10-19-16-12(3)5-4-6-13(16)9-17-14-7-8-14/h4-6,11,14,17H,7-10H2,1-3H3. The van der Waals surface area contributed by atoms with Gasteiger partial charge < -0.3 is 14.8 Å². The molecule has 1 aliphatic carbocycles. The van der Waals surface area contributed by atoms with Crippen LogP contribution in [0.2, 0.25) is 0 Å². The summed E-state index contributed by atoms with van der Waals surface area (Å²) >= 11 is 0. The molecule has 0 bridgehead atoms. The third kappa shape index (κ3) is 4.53. The van der Waals surface area contributed by atoms with Gasteiger partial charge in [-0.3, -0.25) is 0 Å². The summed E-state index contributed by atoms with van der Waals surface area (Å²) in [6.45, 7) is 6.39. The molecule has 4 heteroatoms. The van der Waals surface area contributed by atoms with E-state index in [1.165, 1.54) is 12.8 Å². The van der Waals surface area contributed by atoms with Gasteiger partial charge in [-0.2, -0.15) is 0 Å². The maximum atomic E-state index is 11.6. The Bertz CT molecular complexity index is 467. The second kappa shape index (κ2) is 6.75. The summed E-state index contributed by atoms with van der Waals surface area (Å²) in [5, 5.41) is 3.46. The van der Waals surface area contributed by atoms with E-state index in [0.29, 0.717) is 6.04 Å². The molecule has 0 aromatic heterocycles. The SMILES string of the molecule is Cc1cccc(CNC2CC2)c1OCC(=O)OC(C)C. The predicted octanol–water partition coefficient (Wildman–Crippen LogP) is 2.58. The Morgan fingerprint density at radius 3 is 2.80 bits per heavy atom. The van der Waals surface area contributed by atoms with Crippen molar-refractivity contribution in [2.24, 2.45) is 0 Å². The van der Waals surface area contributed by atoms with Crippen molar-refractivity contribution in [2.75, 3.05) is 6.61 Å². The zero-order valence-corrected chi connectivity index (χ0v) is 12.4. The van der Waals surface area contributed by atoms with Crippen molar-refractivity contribution in [3.8, 4) is 5.75 Å². The van der Waals surface area contributed by atoms with E-state index in [1.54, 1.807) is 0 Å². The lowest BCUT2D eigenvalue weighted by Crippen LogP contribution is -2.20. The van der Waals surface area contributed by atoms with E-state index in [9.17, 15) is 4.79 Å². The summed E-state index contributed by atoms with van der Waals surface area (Å²) in [7, 11) is 0. The Morgan fingerprint density at radius 2 is 2.15 bits per heavy atom. The monoisotopic (exact) mass is 277 g/mol. The number of aryl methyl sites for hydroxylation is 1. The van der Waals surface area contributed by atoms with Gasteiger partial charge in [-0.25, -0.2) is 4.79 Å².